The number of hydrogen-bond donors (Lipinski definition) is 1. The molecule has 1 aliphatic rings. The third-order valence-electron chi connectivity index (χ3n) is 4.08. The number of rotatable bonds is 3. The minimum absolute atomic E-state index is 0.114. The molecule has 1 heterocycles. The van der Waals surface area contributed by atoms with Gasteiger partial charge in [-0.3, -0.25) is 0 Å². The summed E-state index contributed by atoms with van der Waals surface area (Å²) >= 11 is 0. The lowest BCUT2D eigenvalue weighted by Crippen LogP contribution is -2.17. The zero-order valence-electron chi connectivity index (χ0n) is 12.3. The number of para-hydroxylation sites is 1. The third kappa shape index (κ3) is 2.30. The average Bonchev–Trinajstić information content (AvgIpc) is 3.07. The van der Waals surface area contributed by atoms with Crippen molar-refractivity contribution in [2.45, 2.75) is 45.1 Å². The summed E-state index contributed by atoms with van der Waals surface area (Å²) in [6.07, 6.45) is 2.63. The van der Waals surface area contributed by atoms with Gasteiger partial charge in [0.1, 0.15) is 11.3 Å². The summed E-state index contributed by atoms with van der Waals surface area (Å²) in [4.78, 5) is 0. The van der Waals surface area contributed by atoms with E-state index in [1.54, 1.807) is 0 Å². The van der Waals surface area contributed by atoms with Crippen molar-refractivity contribution >= 4 is 11.0 Å². The van der Waals surface area contributed by atoms with Crippen LogP contribution in [0, 0.1) is 5.92 Å². The highest BCUT2D eigenvalue weighted by molar-refractivity contribution is 5.82. The van der Waals surface area contributed by atoms with Crippen LogP contribution >= 0.6 is 0 Å². The molecule has 0 spiro atoms. The van der Waals surface area contributed by atoms with Gasteiger partial charge in [-0.25, -0.2) is 0 Å². The smallest absolute Gasteiger partial charge is 0.138 e. The van der Waals surface area contributed by atoms with E-state index in [1.165, 1.54) is 23.8 Å². The van der Waals surface area contributed by atoms with E-state index in [4.69, 9.17) is 4.42 Å². The first-order valence-electron chi connectivity index (χ1n) is 7.21. The predicted molar refractivity (Wildman–Crippen MR) is 79.4 cm³/mol. The minimum atomic E-state index is 0.114. The second-order valence-electron chi connectivity index (χ2n) is 6.73. The Labute approximate surface area is 115 Å². The van der Waals surface area contributed by atoms with Gasteiger partial charge in [0.15, 0.2) is 0 Å². The van der Waals surface area contributed by atoms with E-state index in [0.717, 1.165) is 17.3 Å². The van der Waals surface area contributed by atoms with E-state index in [1.807, 2.05) is 7.05 Å². The topological polar surface area (TPSA) is 25.2 Å². The molecule has 0 amide bonds. The first-order chi connectivity index (χ1) is 9.00. The minimum Gasteiger partial charge on any atom is -0.459 e. The lowest BCUT2D eigenvalue weighted by Gasteiger charge is -2.19. The summed E-state index contributed by atoms with van der Waals surface area (Å²) in [5, 5.41) is 4.63. The van der Waals surface area contributed by atoms with Gasteiger partial charge < -0.3 is 9.73 Å². The van der Waals surface area contributed by atoms with Crippen LogP contribution in [-0.4, -0.2) is 7.05 Å². The third-order valence-corrected chi connectivity index (χ3v) is 4.08. The van der Waals surface area contributed by atoms with Crippen molar-refractivity contribution < 1.29 is 4.42 Å². The van der Waals surface area contributed by atoms with Crippen LogP contribution in [0.4, 0.5) is 0 Å². The monoisotopic (exact) mass is 257 g/mol. The number of benzene rings is 1. The SMILES string of the molecule is CNC(c1cc2cccc(C(C)(C)C)c2o1)C1CC1. The second-order valence-corrected chi connectivity index (χ2v) is 6.73. The van der Waals surface area contributed by atoms with E-state index in [0.29, 0.717) is 6.04 Å². The Morgan fingerprint density at radius 1 is 1.26 bits per heavy atom. The van der Waals surface area contributed by atoms with E-state index in [9.17, 15) is 0 Å². The highest BCUT2D eigenvalue weighted by atomic mass is 16.3. The molecule has 0 bridgehead atoms. The van der Waals surface area contributed by atoms with Crippen LogP contribution < -0.4 is 5.32 Å². The lowest BCUT2D eigenvalue weighted by molar-refractivity contribution is 0.416. The van der Waals surface area contributed by atoms with Crippen molar-refractivity contribution in [2.24, 2.45) is 5.92 Å². The Morgan fingerprint density at radius 3 is 2.58 bits per heavy atom. The summed E-state index contributed by atoms with van der Waals surface area (Å²) in [6, 6.07) is 9.05. The van der Waals surface area contributed by atoms with Gasteiger partial charge in [-0.2, -0.15) is 0 Å². The Bertz CT molecular complexity index is 587. The van der Waals surface area contributed by atoms with Crippen molar-refractivity contribution in [2.75, 3.05) is 7.05 Å². The van der Waals surface area contributed by atoms with Crippen LogP contribution in [0.3, 0.4) is 0 Å². The maximum absolute atomic E-state index is 6.22. The van der Waals surface area contributed by atoms with Crippen LogP contribution in [0.2, 0.25) is 0 Å². The molecule has 2 nitrogen and oxygen atoms in total. The quantitative estimate of drug-likeness (QED) is 0.881. The van der Waals surface area contributed by atoms with E-state index >= 15 is 0 Å². The maximum Gasteiger partial charge on any atom is 0.138 e. The molecule has 3 rings (SSSR count). The standard InChI is InChI=1S/C17H23NO/c1-17(2,3)13-7-5-6-12-10-14(19-16(12)13)15(18-4)11-8-9-11/h5-7,10-11,15,18H,8-9H2,1-4H3. The highest BCUT2D eigenvalue weighted by Crippen LogP contribution is 2.43. The molecule has 0 saturated heterocycles. The van der Waals surface area contributed by atoms with Gasteiger partial charge in [0.05, 0.1) is 6.04 Å². The molecular formula is C17H23NO. The summed E-state index contributed by atoms with van der Waals surface area (Å²) in [5.74, 6) is 1.85. The summed E-state index contributed by atoms with van der Waals surface area (Å²) in [7, 11) is 2.03. The number of hydrogen-bond acceptors (Lipinski definition) is 2. The molecule has 0 aliphatic heterocycles. The normalized spacial score (nSPS) is 17.9. The number of furan rings is 1. The summed E-state index contributed by atoms with van der Waals surface area (Å²) in [5.41, 5.74) is 2.47. The average molecular weight is 257 g/mol. The highest BCUT2D eigenvalue weighted by Gasteiger charge is 2.33. The summed E-state index contributed by atoms with van der Waals surface area (Å²) in [6.45, 7) is 6.71. The van der Waals surface area contributed by atoms with Gasteiger partial charge in [-0.05, 0) is 37.3 Å². The molecule has 1 unspecified atom stereocenters. The van der Waals surface area contributed by atoms with Crippen LogP contribution in [0.1, 0.15) is 51.0 Å². The molecule has 2 heteroatoms. The molecule has 1 aliphatic carbocycles. The van der Waals surface area contributed by atoms with Crippen LogP contribution in [-0.2, 0) is 5.41 Å². The van der Waals surface area contributed by atoms with E-state index in [2.05, 4.69) is 50.4 Å². The Hall–Kier alpha value is -1.28. The molecule has 1 atom stereocenters. The van der Waals surface area contributed by atoms with Crippen LogP contribution in [0.5, 0.6) is 0 Å². The van der Waals surface area contributed by atoms with E-state index < -0.39 is 0 Å². The van der Waals surface area contributed by atoms with Gasteiger partial charge in [-0.1, -0.05) is 39.0 Å². The zero-order valence-corrected chi connectivity index (χ0v) is 12.3. The molecule has 1 N–H and O–H groups in total. The van der Waals surface area contributed by atoms with Crippen LogP contribution in [0.15, 0.2) is 28.7 Å². The number of nitrogens with one attached hydrogen (secondary N) is 1. The molecule has 1 saturated carbocycles. The Morgan fingerprint density at radius 2 is 2.00 bits per heavy atom. The fourth-order valence-electron chi connectivity index (χ4n) is 2.87. The van der Waals surface area contributed by atoms with Gasteiger partial charge in [0.25, 0.3) is 0 Å². The van der Waals surface area contributed by atoms with Crippen molar-refractivity contribution in [1.29, 1.82) is 0 Å². The van der Waals surface area contributed by atoms with Crippen molar-refractivity contribution in [3.8, 4) is 0 Å². The predicted octanol–water partition coefficient (Wildman–Crippen LogP) is 4.40. The maximum atomic E-state index is 6.22. The second kappa shape index (κ2) is 4.38. The molecule has 1 fully saturated rings. The molecular weight excluding hydrogens is 234 g/mol. The first-order valence-corrected chi connectivity index (χ1v) is 7.21. The van der Waals surface area contributed by atoms with Crippen molar-refractivity contribution in [3.63, 3.8) is 0 Å². The molecule has 102 valence electrons. The molecule has 1 aromatic heterocycles. The zero-order chi connectivity index (χ0) is 13.6. The van der Waals surface area contributed by atoms with Crippen LogP contribution in [0.25, 0.3) is 11.0 Å². The van der Waals surface area contributed by atoms with Gasteiger partial charge >= 0.3 is 0 Å². The van der Waals surface area contributed by atoms with Crippen molar-refractivity contribution in [3.05, 3.63) is 35.6 Å². The van der Waals surface area contributed by atoms with Gasteiger partial charge in [0.2, 0.25) is 0 Å². The fourth-order valence-corrected chi connectivity index (χ4v) is 2.87. The van der Waals surface area contributed by atoms with Gasteiger partial charge in [-0.15, -0.1) is 0 Å². The summed E-state index contributed by atoms with van der Waals surface area (Å²) < 4.78 is 6.22. The van der Waals surface area contributed by atoms with Gasteiger partial charge in [0, 0.05) is 10.9 Å². The molecule has 2 aromatic rings. The number of fused-ring (bicyclic) bond motifs is 1. The molecule has 0 radical (unpaired) electrons. The molecule has 1 aromatic carbocycles. The largest absolute Gasteiger partial charge is 0.459 e. The Kier molecular flexibility index (Phi) is 2.94. The Balaban J connectivity index is 2.10. The first kappa shape index (κ1) is 12.7. The van der Waals surface area contributed by atoms with E-state index in [-0.39, 0.29) is 5.41 Å². The van der Waals surface area contributed by atoms with Crippen molar-refractivity contribution in [1.82, 2.24) is 5.32 Å². The fraction of sp³-hybridized carbons (Fsp3) is 0.529. The lowest BCUT2D eigenvalue weighted by atomic mass is 9.86. The molecule has 19 heavy (non-hydrogen) atoms.